The summed E-state index contributed by atoms with van der Waals surface area (Å²) in [6.45, 7) is 1.73. The molecule has 0 aromatic heterocycles. The molecule has 2 saturated heterocycles. The molecule has 0 aromatic carbocycles. The molecular weight excluding hydrogens is 815 g/mol. The minimum atomic E-state index is -4.75. The highest BCUT2D eigenvalue weighted by Crippen LogP contribution is 2.65. The summed E-state index contributed by atoms with van der Waals surface area (Å²) in [7, 11) is 1.58. The van der Waals surface area contributed by atoms with E-state index in [2.05, 4.69) is 0 Å². The lowest BCUT2D eigenvalue weighted by Crippen LogP contribution is -2.55. The molecule has 0 N–H and O–H groups in total. The molecule has 15 unspecified atom stereocenters. The number of carbonyl (C=O) groups is 4. The third kappa shape index (κ3) is 7.68. The molecule has 9 aliphatic carbocycles. The quantitative estimate of drug-likeness (QED) is 0.187. The fourth-order valence-corrected chi connectivity index (χ4v) is 16.9. The van der Waals surface area contributed by atoms with Crippen molar-refractivity contribution in [2.75, 3.05) is 7.05 Å². The molecular formula is C48H66F6N2O6. The van der Waals surface area contributed by atoms with E-state index in [0.717, 1.165) is 48.3 Å². The zero-order valence-corrected chi connectivity index (χ0v) is 36.4. The Bertz CT molecular complexity index is 1740. The molecule has 15 atom stereocenters. The minimum absolute atomic E-state index is 0.0225. The third-order valence-corrected chi connectivity index (χ3v) is 19.2. The van der Waals surface area contributed by atoms with E-state index in [1.165, 1.54) is 43.4 Å². The number of fused-ring (bicyclic) bond motifs is 2. The zero-order valence-electron chi connectivity index (χ0n) is 36.4. The van der Waals surface area contributed by atoms with Gasteiger partial charge in [-0.2, -0.15) is 26.3 Å². The number of rotatable bonds is 7. The molecule has 4 amide bonds. The summed E-state index contributed by atoms with van der Waals surface area (Å²) in [5, 5.41) is 0. The fourth-order valence-electron chi connectivity index (χ4n) is 16.9. The number of alkyl halides is 6. The second kappa shape index (κ2) is 16.0. The summed E-state index contributed by atoms with van der Waals surface area (Å²) in [5.41, 5.74) is 0.159. The maximum atomic E-state index is 14.8. The maximum Gasteiger partial charge on any atom is 0.392 e. The van der Waals surface area contributed by atoms with E-state index in [1.807, 2.05) is 0 Å². The van der Waals surface area contributed by atoms with Gasteiger partial charge in [0.05, 0.1) is 59.9 Å². The van der Waals surface area contributed by atoms with Gasteiger partial charge in [0, 0.05) is 13.1 Å². The largest absolute Gasteiger partial charge is 0.392 e. The Kier molecular flexibility index (Phi) is 11.3. The van der Waals surface area contributed by atoms with E-state index in [4.69, 9.17) is 9.47 Å². The van der Waals surface area contributed by atoms with Gasteiger partial charge in [-0.3, -0.25) is 29.0 Å². The van der Waals surface area contributed by atoms with Crippen LogP contribution in [-0.4, -0.2) is 83.3 Å². The Labute approximate surface area is 361 Å². The van der Waals surface area contributed by atoms with E-state index >= 15 is 0 Å². The van der Waals surface area contributed by atoms with Crippen molar-refractivity contribution in [1.82, 2.24) is 9.80 Å². The molecule has 11 fully saturated rings. The van der Waals surface area contributed by atoms with E-state index in [1.54, 1.807) is 14.0 Å². The predicted octanol–water partition coefficient (Wildman–Crippen LogP) is 9.67. The van der Waals surface area contributed by atoms with Gasteiger partial charge in [-0.05, 0) is 175 Å². The van der Waals surface area contributed by atoms with Crippen LogP contribution >= 0.6 is 0 Å². The molecule has 0 spiro atoms. The van der Waals surface area contributed by atoms with Gasteiger partial charge < -0.3 is 9.47 Å². The van der Waals surface area contributed by atoms with Gasteiger partial charge in [0.25, 0.3) is 0 Å². The number of hydrogen-bond donors (Lipinski definition) is 0. The Morgan fingerprint density at radius 3 is 1.61 bits per heavy atom. The van der Waals surface area contributed by atoms with Crippen LogP contribution in [0, 0.1) is 82.3 Å². The van der Waals surface area contributed by atoms with Crippen molar-refractivity contribution in [2.45, 2.75) is 185 Å². The summed E-state index contributed by atoms with van der Waals surface area (Å²) in [5.74, 6) is -6.71. The van der Waals surface area contributed by atoms with Crippen molar-refractivity contribution in [3.63, 3.8) is 0 Å². The van der Waals surface area contributed by atoms with Crippen molar-refractivity contribution in [1.29, 1.82) is 0 Å². The number of imide groups is 2. The highest BCUT2D eigenvalue weighted by molar-refractivity contribution is 6.06. The van der Waals surface area contributed by atoms with Gasteiger partial charge in [-0.25, -0.2) is 0 Å². The number of hydrogen-bond acceptors (Lipinski definition) is 6. The Morgan fingerprint density at radius 2 is 1.00 bits per heavy atom. The second-order valence-electron chi connectivity index (χ2n) is 22.7. The van der Waals surface area contributed by atoms with Crippen molar-refractivity contribution in [2.24, 2.45) is 82.3 Å². The van der Waals surface area contributed by atoms with E-state index in [-0.39, 0.29) is 91.0 Å². The highest BCUT2D eigenvalue weighted by atomic mass is 19.4. The predicted molar refractivity (Wildman–Crippen MR) is 213 cm³/mol. The van der Waals surface area contributed by atoms with Crippen LogP contribution in [0.15, 0.2) is 0 Å². The molecule has 11 rings (SSSR count). The van der Waals surface area contributed by atoms with Gasteiger partial charge in [-0.15, -0.1) is 0 Å². The zero-order chi connectivity index (χ0) is 43.6. The van der Waals surface area contributed by atoms with Crippen LogP contribution in [0.3, 0.4) is 0 Å². The summed E-state index contributed by atoms with van der Waals surface area (Å²) >= 11 is 0. The van der Waals surface area contributed by atoms with E-state index in [9.17, 15) is 45.5 Å². The van der Waals surface area contributed by atoms with Gasteiger partial charge in [-0.1, -0.05) is 13.3 Å². The van der Waals surface area contributed by atoms with Crippen LogP contribution in [0.4, 0.5) is 26.3 Å². The smallest absolute Gasteiger partial charge is 0.375 e. The first kappa shape index (κ1) is 43.7. The average molecular weight is 881 g/mol. The monoisotopic (exact) mass is 880 g/mol. The molecule has 11 aliphatic rings. The molecule has 346 valence electrons. The average Bonchev–Trinajstić information content (AvgIpc) is 3.59. The number of carbonyl (C=O) groups excluding carboxylic acids is 4. The first-order valence-electron chi connectivity index (χ1n) is 24.5. The van der Waals surface area contributed by atoms with E-state index < -0.39 is 72.1 Å². The summed E-state index contributed by atoms with van der Waals surface area (Å²) < 4.78 is 101. The van der Waals surface area contributed by atoms with Crippen LogP contribution in [0.2, 0.25) is 0 Å². The van der Waals surface area contributed by atoms with Gasteiger partial charge in [0.15, 0.2) is 0 Å². The SMILES string of the molecule is CC1CCC(C2CCC(N3C(=O)C4CCC(OC5CCC(OC6CCC7C(=O)N(C)C(=O)C7C6)CC5C56CC7CC(CC(C7)C5)C6)CC4C3=O)CC2C(F)(F)F)C(C(F)(F)F)C1. The molecule has 62 heavy (non-hydrogen) atoms. The Balaban J connectivity index is 0.819. The number of likely N-dealkylation sites (tertiary alicyclic amines) is 2. The Hall–Kier alpha value is -2.22. The third-order valence-electron chi connectivity index (χ3n) is 19.2. The molecule has 4 bridgehead atoms. The van der Waals surface area contributed by atoms with Gasteiger partial charge in [0.2, 0.25) is 23.6 Å². The van der Waals surface area contributed by atoms with Crippen LogP contribution in [0.1, 0.15) is 142 Å². The van der Waals surface area contributed by atoms with E-state index in [0.29, 0.717) is 38.5 Å². The van der Waals surface area contributed by atoms with Crippen molar-refractivity contribution in [3.8, 4) is 0 Å². The van der Waals surface area contributed by atoms with Gasteiger partial charge >= 0.3 is 12.4 Å². The van der Waals surface area contributed by atoms with Crippen LogP contribution in [-0.2, 0) is 28.7 Å². The number of ether oxygens (including phenoxy) is 2. The second-order valence-corrected chi connectivity index (χ2v) is 22.7. The topological polar surface area (TPSA) is 93.2 Å². The molecule has 8 nitrogen and oxygen atoms in total. The number of halogens is 6. The lowest BCUT2D eigenvalue weighted by Gasteiger charge is -2.62. The molecule has 2 aliphatic heterocycles. The molecule has 0 radical (unpaired) electrons. The number of nitrogens with zero attached hydrogens (tertiary/aromatic N) is 2. The standard InChI is InChI=1S/C48H66F6N2O6/c1-24-3-8-32(38(13-24)47(49,50)51)33-9-4-28(17-39(33)48(52,53)54)56-44(59)35-11-6-30(19-37(35)45(56)60)62-41-12-7-31(61-29-5-10-34-36(18-29)43(58)55(2)42(34)57)20-40(41)46-21-25-14-26(22-46)16-27(15-25)23-46/h24-41H,3-23H2,1-2H3. The first-order chi connectivity index (χ1) is 29.4. The summed E-state index contributed by atoms with van der Waals surface area (Å²) in [6, 6.07) is -0.978. The summed E-state index contributed by atoms with van der Waals surface area (Å²) in [4.78, 5) is 56.3. The molecule has 9 saturated carbocycles. The lowest BCUT2D eigenvalue weighted by atomic mass is 9.45. The molecule has 2 heterocycles. The maximum absolute atomic E-state index is 14.8. The first-order valence-corrected chi connectivity index (χ1v) is 24.5. The Morgan fingerprint density at radius 1 is 0.516 bits per heavy atom. The van der Waals surface area contributed by atoms with Gasteiger partial charge in [0.1, 0.15) is 0 Å². The minimum Gasteiger partial charge on any atom is -0.375 e. The highest BCUT2D eigenvalue weighted by Gasteiger charge is 2.61. The normalized spacial score (nSPS) is 48.5. The van der Waals surface area contributed by atoms with Crippen molar-refractivity contribution in [3.05, 3.63) is 0 Å². The number of amides is 4. The summed E-state index contributed by atoms with van der Waals surface area (Å²) in [6.07, 6.45) is 3.50. The fraction of sp³-hybridized carbons (Fsp3) is 0.917. The van der Waals surface area contributed by atoms with Crippen LogP contribution in [0.5, 0.6) is 0 Å². The van der Waals surface area contributed by atoms with Crippen LogP contribution in [0.25, 0.3) is 0 Å². The van der Waals surface area contributed by atoms with Crippen LogP contribution < -0.4 is 0 Å². The van der Waals surface area contributed by atoms with Crippen molar-refractivity contribution < 1.29 is 55.0 Å². The molecule has 0 aromatic rings. The molecule has 14 heteroatoms. The lowest BCUT2D eigenvalue weighted by molar-refractivity contribution is -0.238. The van der Waals surface area contributed by atoms with Crippen molar-refractivity contribution >= 4 is 23.6 Å².